The van der Waals surface area contributed by atoms with Crippen LogP contribution in [-0.4, -0.2) is 60.0 Å². The van der Waals surface area contributed by atoms with Crippen molar-refractivity contribution in [2.45, 2.75) is 33.2 Å². The average Bonchev–Trinajstić information content (AvgIpc) is 3.05. The Kier molecular flexibility index (Phi) is 4.64. The average molecular weight is 364 g/mol. The Hall–Kier alpha value is -1.86. The number of carbonyl (C=O) groups excluding carboxylic acids is 1. The summed E-state index contributed by atoms with van der Waals surface area (Å²) in [7, 11) is -3.11. The Labute approximate surface area is 147 Å². The SMILES string of the molecule is Cc1cc(C)c2[nH]c(C(=O)N(CCO)[C@H]3CCS(=O)(=O)C3)c(C)c2c1. The molecule has 1 fully saturated rings. The van der Waals surface area contributed by atoms with Crippen LogP contribution in [0.15, 0.2) is 12.1 Å². The summed E-state index contributed by atoms with van der Waals surface area (Å²) in [5.74, 6) is -0.186. The van der Waals surface area contributed by atoms with Crippen LogP contribution in [0.1, 0.15) is 33.6 Å². The number of sulfone groups is 1. The van der Waals surface area contributed by atoms with Crippen molar-refractivity contribution >= 4 is 26.6 Å². The van der Waals surface area contributed by atoms with E-state index in [0.717, 1.165) is 27.6 Å². The van der Waals surface area contributed by atoms with Gasteiger partial charge in [-0.1, -0.05) is 11.6 Å². The zero-order valence-electron chi connectivity index (χ0n) is 14.8. The molecule has 1 aromatic heterocycles. The van der Waals surface area contributed by atoms with Crippen LogP contribution >= 0.6 is 0 Å². The standard InChI is InChI=1S/C18H24N2O4S/c1-11-8-12(2)16-15(9-11)13(3)17(19-16)18(22)20(5-6-21)14-4-7-25(23,24)10-14/h8-9,14,19,21H,4-7,10H2,1-3H3/t14-/m0/s1. The first-order valence-corrected chi connectivity index (χ1v) is 10.3. The van der Waals surface area contributed by atoms with E-state index in [9.17, 15) is 18.3 Å². The van der Waals surface area contributed by atoms with Crippen LogP contribution in [0.2, 0.25) is 0 Å². The molecule has 6 nitrogen and oxygen atoms in total. The van der Waals surface area contributed by atoms with Crippen molar-refractivity contribution in [2.24, 2.45) is 0 Å². The molecule has 25 heavy (non-hydrogen) atoms. The lowest BCUT2D eigenvalue weighted by atomic mass is 10.1. The van der Waals surface area contributed by atoms with Crippen LogP contribution in [0.5, 0.6) is 0 Å². The summed E-state index contributed by atoms with van der Waals surface area (Å²) < 4.78 is 23.6. The number of H-pyrrole nitrogens is 1. The van der Waals surface area contributed by atoms with Gasteiger partial charge in [0.1, 0.15) is 5.69 Å². The van der Waals surface area contributed by atoms with Crippen molar-refractivity contribution in [3.8, 4) is 0 Å². The maximum atomic E-state index is 13.1. The van der Waals surface area contributed by atoms with Crippen molar-refractivity contribution in [2.75, 3.05) is 24.7 Å². The Morgan fingerprint density at radius 2 is 2.04 bits per heavy atom. The van der Waals surface area contributed by atoms with Crippen molar-refractivity contribution < 1.29 is 18.3 Å². The van der Waals surface area contributed by atoms with E-state index in [-0.39, 0.29) is 36.6 Å². The highest BCUT2D eigenvalue weighted by atomic mass is 32.2. The summed E-state index contributed by atoms with van der Waals surface area (Å²) >= 11 is 0. The number of amides is 1. The molecule has 1 aliphatic heterocycles. The number of aryl methyl sites for hydroxylation is 3. The van der Waals surface area contributed by atoms with Crippen molar-refractivity contribution in [3.63, 3.8) is 0 Å². The zero-order valence-corrected chi connectivity index (χ0v) is 15.6. The second kappa shape index (κ2) is 6.46. The molecule has 1 aliphatic rings. The molecule has 7 heteroatoms. The van der Waals surface area contributed by atoms with E-state index < -0.39 is 9.84 Å². The van der Waals surface area contributed by atoms with Gasteiger partial charge in [0.15, 0.2) is 9.84 Å². The van der Waals surface area contributed by atoms with Crippen LogP contribution in [-0.2, 0) is 9.84 Å². The maximum Gasteiger partial charge on any atom is 0.270 e. The summed E-state index contributed by atoms with van der Waals surface area (Å²) in [5.41, 5.74) is 4.45. The van der Waals surface area contributed by atoms with E-state index in [0.29, 0.717) is 12.1 Å². The number of aromatic amines is 1. The summed E-state index contributed by atoms with van der Waals surface area (Å²) in [5, 5.41) is 10.4. The predicted molar refractivity (Wildman–Crippen MR) is 97.7 cm³/mol. The summed E-state index contributed by atoms with van der Waals surface area (Å²) in [6, 6.07) is 3.72. The molecule has 0 aliphatic carbocycles. The Morgan fingerprint density at radius 1 is 1.32 bits per heavy atom. The molecule has 2 aromatic rings. The smallest absolute Gasteiger partial charge is 0.270 e. The lowest BCUT2D eigenvalue weighted by molar-refractivity contribution is 0.0649. The normalized spacial score (nSPS) is 19.4. The third-order valence-electron chi connectivity index (χ3n) is 4.97. The highest BCUT2D eigenvalue weighted by molar-refractivity contribution is 7.91. The van der Waals surface area contributed by atoms with Gasteiger partial charge in [0.2, 0.25) is 0 Å². The maximum absolute atomic E-state index is 13.1. The van der Waals surface area contributed by atoms with E-state index in [1.807, 2.05) is 26.8 Å². The fourth-order valence-corrected chi connectivity index (χ4v) is 5.45. The number of hydrogen-bond donors (Lipinski definition) is 2. The van der Waals surface area contributed by atoms with Gasteiger partial charge in [-0.2, -0.15) is 0 Å². The second-order valence-electron chi connectivity index (χ2n) is 6.91. The van der Waals surface area contributed by atoms with Crippen LogP contribution in [0, 0.1) is 20.8 Å². The first-order chi connectivity index (χ1) is 11.7. The molecule has 1 atom stereocenters. The van der Waals surface area contributed by atoms with Crippen LogP contribution < -0.4 is 0 Å². The number of rotatable bonds is 4. The first-order valence-electron chi connectivity index (χ1n) is 8.45. The van der Waals surface area contributed by atoms with Crippen molar-refractivity contribution in [3.05, 3.63) is 34.5 Å². The fourth-order valence-electron chi connectivity index (χ4n) is 3.72. The lowest BCUT2D eigenvalue weighted by Gasteiger charge is -2.27. The minimum absolute atomic E-state index is 0.0316. The Balaban J connectivity index is 2.02. The highest BCUT2D eigenvalue weighted by Gasteiger charge is 2.35. The van der Waals surface area contributed by atoms with Gasteiger partial charge in [0.25, 0.3) is 5.91 Å². The molecule has 0 bridgehead atoms. The molecule has 0 spiro atoms. The van der Waals surface area contributed by atoms with Gasteiger partial charge < -0.3 is 15.0 Å². The summed E-state index contributed by atoms with van der Waals surface area (Å²) in [6.07, 6.45) is 0.422. The van der Waals surface area contributed by atoms with E-state index in [1.165, 1.54) is 4.90 Å². The minimum atomic E-state index is -3.11. The molecule has 1 amide bonds. The lowest BCUT2D eigenvalue weighted by Crippen LogP contribution is -2.43. The monoisotopic (exact) mass is 364 g/mol. The predicted octanol–water partition coefficient (Wildman–Crippen LogP) is 1.71. The quantitative estimate of drug-likeness (QED) is 0.864. The Bertz CT molecular complexity index is 930. The molecule has 1 aromatic carbocycles. The van der Waals surface area contributed by atoms with Gasteiger partial charge in [-0.05, 0) is 44.4 Å². The molecule has 0 unspecified atom stereocenters. The van der Waals surface area contributed by atoms with Gasteiger partial charge in [-0.3, -0.25) is 4.79 Å². The van der Waals surface area contributed by atoms with E-state index in [1.54, 1.807) is 0 Å². The molecule has 1 saturated heterocycles. The molecule has 3 rings (SSSR count). The number of aromatic nitrogens is 1. The number of benzene rings is 1. The van der Waals surface area contributed by atoms with Crippen LogP contribution in [0.4, 0.5) is 0 Å². The number of carbonyl (C=O) groups is 1. The first kappa shape index (κ1) is 17.9. The summed E-state index contributed by atoms with van der Waals surface area (Å²) in [6.45, 7) is 5.84. The van der Waals surface area contributed by atoms with Crippen LogP contribution in [0.25, 0.3) is 10.9 Å². The topological polar surface area (TPSA) is 90.5 Å². The van der Waals surface area contributed by atoms with Gasteiger partial charge in [-0.25, -0.2) is 8.42 Å². The van der Waals surface area contributed by atoms with Crippen LogP contribution in [0.3, 0.4) is 0 Å². The third kappa shape index (κ3) is 3.30. The van der Waals surface area contributed by atoms with Gasteiger partial charge >= 0.3 is 0 Å². The third-order valence-corrected chi connectivity index (χ3v) is 6.72. The van der Waals surface area contributed by atoms with E-state index in [4.69, 9.17) is 0 Å². The Morgan fingerprint density at radius 3 is 2.64 bits per heavy atom. The highest BCUT2D eigenvalue weighted by Crippen LogP contribution is 2.28. The van der Waals surface area contributed by atoms with Gasteiger partial charge in [-0.15, -0.1) is 0 Å². The summed E-state index contributed by atoms with van der Waals surface area (Å²) in [4.78, 5) is 17.8. The van der Waals surface area contributed by atoms with Gasteiger partial charge in [0, 0.05) is 23.5 Å². The molecule has 2 N–H and O–H groups in total. The minimum Gasteiger partial charge on any atom is -0.395 e. The fraction of sp³-hybridized carbons (Fsp3) is 0.500. The molecule has 136 valence electrons. The number of aliphatic hydroxyl groups is 1. The number of nitrogens with one attached hydrogen (secondary N) is 1. The zero-order chi connectivity index (χ0) is 18.4. The molecule has 0 saturated carbocycles. The molecular weight excluding hydrogens is 340 g/mol. The molecule has 0 radical (unpaired) electrons. The number of aliphatic hydroxyl groups excluding tert-OH is 1. The van der Waals surface area contributed by atoms with Crippen molar-refractivity contribution in [1.29, 1.82) is 0 Å². The van der Waals surface area contributed by atoms with Crippen molar-refractivity contribution in [1.82, 2.24) is 9.88 Å². The van der Waals surface area contributed by atoms with Gasteiger partial charge in [0.05, 0.1) is 18.1 Å². The largest absolute Gasteiger partial charge is 0.395 e. The number of fused-ring (bicyclic) bond motifs is 1. The number of hydrogen-bond acceptors (Lipinski definition) is 4. The molecule has 2 heterocycles. The second-order valence-corrected chi connectivity index (χ2v) is 9.14. The van der Waals surface area contributed by atoms with E-state index in [2.05, 4.69) is 11.1 Å². The number of nitrogens with zero attached hydrogens (tertiary/aromatic N) is 1. The van der Waals surface area contributed by atoms with E-state index >= 15 is 0 Å². The molecular formula is C18H24N2O4S.